The van der Waals surface area contributed by atoms with E-state index in [4.69, 9.17) is 19.9 Å². The Morgan fingerprint density at radius 2 is 1.00 bits per heavy atom. The summed E-state index contributed by atoms with van der Waals surface area (Å²) in [6.07, 6.45) is 0. The lowest BCUT2D eigenvalue weighted by Crippen LogP contribution is -2.01. The van der Waals surface area contributed by atoms with Crippen molar-refractivity contribution < 1.29 is 0 Å². The van der Waals surface area contributed by atoms with Gasteiger partial charge in [0.2, 0.25) is 0 Å². The Bertz CT molecular complexity index is 2210. The molecule has 0 spiro atoms. The second kappa shape index (κ2) is 10.7. The second-order valence-corrected chi connectivity index (χ2v) is 10.8. The van der Waals surface area contributed by atoms with Gasteiger partial charge in [-0.15, -0.1) is 0 Å². The molecule has 0 radical (unpaired) electrons. The fourth-order valence-corrected chi connectivity index (χ4v) is 5.88. The summed E-state index contributed by atoms with van der Waals surface area (Å²) in [5, 5.41) is 2.22. The van der Waals surface area contributed by atoms with Gasteiger partial charge in [0.15, 0.2) is 17.5 Å². The summed E-state index contributed by atoms with van der Waals surface area (Å²) in [5.41, 5.74) is 8.18. The number of nitrogens with zero attached hydrogens (tertiary/aromatic N) is 5. The molecule has 0 saturated heterocycles. The van der Waals surface area contributed by atoms with Crippen molar-refractivity contribution in [3.63, 3.8) is 0 Å². The Hall–Kier alpha value is -5.94. The quantitative estimate of drug-likeness (QED) is 0.209. The molecule has 5 heteroatoms. The van der Waals surface area contributed by atoms with Gasteiger partial charge >= 0.3 is 0 Å². The van der Waals surface area contributed by atoms with Crippen molar-refractivity contribution in [2.45, 2.75) is 0 Å². The average molecular weight is 566 g/mol. The van der Waals surface area contributed by atoms with Crippen LogP contribution in [0, 0.1) is 0 Å². The van der Waals surface area contributed by atoms with Crippen molar-refractivity contribution in [2.24, 2.45) is 7.05 Å². The van der Waals surface area contributed by atoms with Gasteiger partial charge in [0.05, 0.1) is 11.0 Å². The van der Waals surface area contributed by atoms with Crippen LogP contribution >= 0.6 is 0 Å². The Morgan fingerprint density at radius 1 is 0.432 bits per heavy atom. The van der Waals surface area contributed by atoms with Gasteiger partial charge in [0.25, 0.3) is 0 Å². The first-order valence-electron chi connectivity index (χ1n) is 14.6. The monoisotopic (exact) mass is 565 g/mol. The van der Waals surface area contributed by atoms with E-state index in [9.17, 15) is 0 Å². The minimum absolute atomic E-state index is 0.643. The van der Waals surface area contributed by atoms with Crippen molar-refractivity contribution in [1.29, 1.82) is 0 Å². The first kappa shape index (κ1) is 25.7. The molecule has 0 N–H and O–H groups in total. The Balaban J connectivity index is 1.33. The topological polar surface area (TPSA) is 56.5 Å². The molecule has 0 amide bonds. The third-order valence-electron chi connectivity index (χ3n) is 8.09. The van der Waals surface area contributed by atoms with Crippen molar-refractivity contribution in [1.82, 2.24) is 24.5 Å². The van der Waals surface area contributed by atoms with E-state index in [1.165, 1.54) is 0 Å². The van der Waals surface area contributed by atoms with Gasteiger partial charge in [-0.2, -0.15) is 0 Å². The third-order valence-corrected chi connectivity index (χ3v) is 8.09. The standard InChI is InChI=1S/C39H27N5/c1-44-34-19-11-10-18-33(34)40-39(44)30-22-20-27(21-23-30)32-25-24-26-12-8-9-17-31(26)35(32)38-42-36(28-13-4-2-5-14-28)41-37(43-38)29-15-6-3-7-16-29/h2-25H,1H3. The summed E-state index contributed by atoms with van der Waals surface area (Å²) < 4.78 is 2.15. The largest absolute Gasteiger partial charge is 0.327 e. The van der Waals surface area contributed by atoms with Crippen LogP contribution in [0.2, 0.25) is 0 Å². The maximum Gasteiger partial charge on any atom is 0.165 e. The summed E-state index contributed by atoms with van der Waals surface area (Å²) in [5.74, 6) is 2.87. The third kappa shape index (κ3) is 4.52. The molecule has 6 aromatic carbocycles. The zero-order chi connectivity index (χ0) is 29.5. The molecule has 8 rings (SSSR count). The van der Waals surface area contributed by atoms with Crippen LogP contribution in [-0.2, 0) is 7.05 Å². The Labute approximate surface area is 255 Å². The molecular weight excluding hydrogens is 538 g/mol. The van der Waals surface area contributed by atoms with Crippen LogP contribution in [0.25, 0.3) is 78.5 Å². The number of aryl methyl sites for hydroxylation is 1. The number of imidazole rings is 1. The highest BCUT2D eigenvalue weighted by Crippen LogP contribution is 2.38. The average Bonchev–Trinajstić information content (AvgIpc) is 3.44. The highest BCUT2D eigenvalue weighted by atomic mass is 15.1. The maximum absolute atomic E-state index is 5.10. The van der Waals surface area contributed by atoms with E-state index < -0.39 is 0 Å². The van der Waals surface area contributed by atoms with Gasteiger partial charge in [-0.05, 0) is 34.0 Å². The number of para-hydroxylation sites is 2. The lowest BCUT2D eigenvalue weighted by atomic mass is 9.93. The first-order valence-corrected chi connectivity index (χ1v) is 14.6. The van der Waals surface area contributed by atoms with Crippen LogP contribution in [0.5, 0.6) is 0 Å². The Morgan fingerprint density at radius 3 is 1.68 bits per heavy atom. The maximum atomic E-state index is 5.10. The van der Waals surface area contributed by atoms with Gasteiger partial charge in [-0.25, -0.2) is 19.9 Å². The molecule has 0 bridgehead atoms. The first-order chi connectivity index (χ1) is 21.7. The van der Waals surface area contributed by atoms with E-state index in [1.807, 2.05) is 72.8 Å². The van der Waals surface area contributed by atoms with Crippen LogP contribution in [-0.4, -0.2) is 24.5 Å². The van der Waals surface area contributed by atoms with Crippen LogP contribution in [0.15, 0.2) is 146 Å². The van der Waals surface area contributed by atoms with E-state index >= 15 is 0 Å². The zero-order valence-electron chi connectivity index (χ0n) is 24.1. The molecule has 0 aliphatic rings. The number of hydrogen-bond donors (Lipinski definition) is 0. The molecule has 5 nitrogen and oxygen atoms in total. The summed E-state index contributed by atoms with van der Waals surface area (Å²) in [6.45, 7) is 0. The molecule has 208 valence electrons. The van der Waals surface area contributed by atoms with Gasteiger partial charge in [0, 0.05) is 29.3 Å². The van der Waals surface area contributed by atoms with Gasteiger partial charge in [-0.3, -0.25) is 0 Å². The summed E-state index contributed by atoms with van der Waals surface area (Å²) in [6, 6.07) is 49.8. The molecular formula is C39H27N5. The molecule has 8 aromatic rings. The molecule has 0 fully saturated rings. The van der Waals surface area contributed by atoms with Crippen LogP contribution < -0.4 is 0 Å². The van der Waals surface area contributed by atoms with E-state index in [-0.39, 0.29) is 0 Å². The molecule has 0 atom stereocenters. The summed E-state index contributed by atoms with van der Waals surface area (Å²) >= 11 is 0. The molecule has 2 heterocycles. The number of benzene rings is 6. The summed E-state index contributed by atoms with van der Waals surface area (Å²) in [4.78, 5) is 20.0. The Kier molecular flexibility index (Phi) is 6.27. The van der Waals surface area contributed by atoms with Crippen molar-refractivity contribution in [3.05, 3.63) is 146 Å². The van der Waals surface area contributed by atoms with Gasteiger partial charge < -0.3 is 4.57 Å². The van der Waals surface area contributed by atoms with E-state index in [2.05, 4.69) is 84.4 Å². The fourth-order valence-electron chi connectivity index (χ4n) is 5.88. The summed E-state index contributed by atoms with van der Waals surface area (Å²) in [7, 11) is 2.06. The minimum Gasteiger partial charge on any atom is -0.327 e. The van der Waals surface area contributed by atoms with E-state index in [0.29, 0.717) is 17.5 Å². The molecule has 2 aromatic heterocycles. The zero-order valence-corrected chi connectivity index (χ0v) is 24.1. The van der Waals surface area contributed by atoms with Gasteiger partial charge in [-0.1, -0.05) is 133 Å². The molecule has 0 aliphatic heterocycles. The normalized spacial score (nSPS) is 11.3. The molecule has 0 saturated carbocycles. The van der Waals surface area contributed by atoms with Crippen molar-refractivity contribution >= 4 is 21.8 Å². The molecule has 0 unspecified atom stereocenters. The number of aromatic nitrogens is 5. The van der Waals surface area contributed by atoms with Crippen molar-refractivity contribution in [3.8, 4) is 56.7 Å². The number of rotatable bonds is 5. The highest BCUT2D eigenvalue weighted by Gasteiger charge is 2.19. The van der Waals surface area contributed by atoms with Crippen LogP contribution in [0.3, 0.4) is 0 Å². The van der Waals surface area contributed by atoms with Crippen LogP contribution in [0.4, 0.5) is 0 Å². The smallest absolute Gasteiger partial charge is 0.165 e. The van der Waals surface area contributed by atoms with E-state index in [0.717, 1.165) is 61.0 Å². The minimum atomic E-state index is 0.643. The fraction of sp³-hybridized carbons (Fsp3) is 0.0256. The van der Waals surface area contributed by atoms with E-state index in [1.54, 1.807) is 0 Å². The molecule has 44 heavy (non-hydrogen) atoms. The van der Waals surface area contributed by atoms with Gasteiger partial charge in [0.1, 0.15) is 5.82 Å². The predicted octanol–water partition coefficient (Wildman–Crippen LogP) is 9.25. The number of fused-ring (bicyclic) bond motifs is 2. The molecule has 0 aliphatic carbocycles. The highest BCUT2D eigenvalue weighted by molar-refractivity contribution is 6.03. The lowest BCUT2D eigenvalue weighted by molar-refractivity contribution is 0.959. The number of hydrogen-bond acceptors (Lipinski definition) is 4. The van der Waals surface area contributed by atoms with Crippen molar-refractivity contribution in [2.75, 3.05) is 0 Å². The SMILES string of the molecule is Cn1c(-c2ccc(-c3ccc4ccccc4c3-c3nc(-c4ccccc4)nc(-c4ccccc4)n3)cc2)nc2ccccc21. The second-order valence-electron chi connectivity index (χ2n) is 10.8. The predicted molar refractivity (Wildman–Crippen MR) is 179 cm³/mol. The lowest BCUT2D eigenvalue weighted by Gasteiger charge is -2.15. The van der Waals surface area contributed by atoms with Crippen LogP contribution in [0.1, 0.15) is 0 Å².